The van der Waals surface area contributed by atoms with Gasteiger partial charge in [0.05, 0.1) is 24.2 Å². The van der Waals surface area contributed by atoms with Crippen LogP contribution in [-0.2, 0) is 21.4 Å². The quantitative estimate of drug-likeness (QED) is 0.545. The highest BCUT2D eigenvalue weighted by Crippen LogP contribution is 2.20. The topological polar surface area (TPSA) is 87.0 Å². The minimum atomic E-state index is -3.88. The van der Waals surface area contributed by atoms with Gasteiger partial charge in [-0.05, 0) is 43.3 Å². The Morgan fingerprint density at radius 2 is 1.78 bits per heavy atom. The van der Waals surface area contributed by atoms with Crippen LogP contribution in [0.3, 0.4) is 0 Å². The maximum absolute atomic E-state index is 13.3. The third-order valence-electron chi connectivity index (χ3n) is 5.49. The van der Waals surface area contributed by atoms with E-state index in [0.717, 1.165) is 11.4 Å². The van der Waals surface area contributed by atoms with E-state index in [-0.39, 0.29) is 23.9 Å². The molecule has 1 amide bonds. The molecule has 0 spiro atoms. The number of benzene rings is 1. The van der Waals surface area contributed by atoms with Gasteiger partial charge in [-0.15, -0.1) is 0 Å². The lowest BCUT2D eigenvalue weighted by atomic mass is 10.2. The lowest BCUT2D eigenvalue weighted by Gasteiger charge is -2.36. The molecule has 1 fully saturated rings. The van der Waals surface area contributed by atoms with Gasteiger partial charge in [-0.3, -0.25) is 4.79 Å². The average Bonchev–Trinajstić information content (AvgIpc) is 3.33. The third kappa shape index (κ3) is 5.00. The Morgan fingerprint density at radius 3 is 2.41 bits per heavy atom. The molecule has 168 valence electrons. The number of sulfonamides is 1. The van der Waals surface area contributed by atoms with Gasteiger partial charge in [0.15, 0.2) is 0 Å². The molecule has 3 aromatic rings. The molecule has 2 aromatic heterocycles. The van der Waals surface area contributed by atoms with E-state index in [2.05, 4.69) is 9.88 Å². The first-order chi connectivity index (χ1) is 15.4. The number of anilines is 1. The summed E-state index contributed by atoms with van der Waals surface area (Å²) in [5.74, 6) is 1.13. The van der Waals surface area contributed by atoms with E-state index in [1.165, 1.54) is 10.6 Å². The summed E-state index contributed by atoms with van der Waals surface area (Å²) in [7, 11) is -3.88. The number of hydrogen-bond donors (Lipinski definition) is 0. The van der Waals surface area contributed by atoms with Gasteiger partial charge in [-0.25, -0.2) is 13.4 Å². The van der Waals surface area contributed by atoms with E-state index >= 15 is 0 Å². The van der Waals surface area contributed by atoms with Crippen LogP contribution < -0.4 is 4.90 Å². The van der Waals surface area contributed by atoms with E-state index in [9.17, 15) is 13.2 Å². The van der Waals surface area contributed by atoms with Crippen LogP contribution in [0.15, 0.2) is 76.4 Å². The number of hydrogen-bond acceptors (Lipinski definition) is 6. The summed E-state index contributed by atoms with van der Waals surface area (Å²) in [6.45, 7) is 3.94. The first kappa shape index (κ1) is 22.0. The molecule has 0 saturated carbocycles. The van der Waals surface area contributed by atoms with Gasteiger partial charge >= 0.3 is 0 Å². The van der Waals surface area contributed by atoms with Crippen LogP contribution in [0.5, 0.6) is 0 Å². The molecule has 9 heteroatoms. The van der Waals surface area contributed by atoms with Crippen molar-refractivity contribution in [3.63, 3.8) is 0 Å². The van der Waals surface area contributed by atoms with Crippen molar-refractivity contribution < 1.29 is 17.6 Å². The number of aryl methyl sites for hydroxylation is 1. The molecular formula is C23H26N4O4S. The summed E-state index contributed by atoms with van der Waals surface area (Å²) < 4.78 is 33.2. The minimum Gasteiger partial charge on any atom is -0.468 e. The second kappa shape index (κ2) is 9.54. The normalized spacial score (nSPS) is 14.7. The second-order valence-electron chi connectivity index (χ2n) is 7.72. The zero-order valence-electron chi connectivity index (χ0n) is 17.9. The standard InChI is InChI=1S/C23H26N4O4S/c1-19-7-9-21(10-8-19)32(29,30)27(17-20-5-4-16-31-20)18-23(28)26-14-12-25(13-15-26)22-6-2-3-11-24-22/h2-11,16H,12-15,17-18H2,1H3. The number of furan rings is 1. The molecule has 1 saturated heterocycles. The molecule has 0 radical (unpaired) electrons. The van der Waals surface area contributed by atoms with Gasteiger partial charge in [-0.2, -0.15) is 4.31 Å². The minimum absolute atomic E-state index is 0.0111. The zero-order valence-corrected chi connectivity index (χ0v) is 18.7. The largest absolute Gasteiger partial charge is 0.468 e. The first-order valence-electron chi connectivity index (χ1n) is 10.5. The molecule has 1 aliphatic rings. The Hall–Kier alpha value is -3.17. The first-order valence-corrected chi connectivity index (χ1v) is 11.9. The van der Waals surface area contributed by atoms with Crippen LogP contribution in [-0.4, -0.2) is 61.2 Å². The van der Waals surface area contributed by atoms with Gasteiger partial charge in [-0.1, -0.05) is 23.8 Å². The summed E-state index contributed by atoms with van der Waals surface area (Å²) in [6.07, 6.45) is 3.24. The SMILES string of the molecule is Cc1ccc(S(=O)(=O)N(CC(=O)N2CCN(c3ccccn3)CC2)Cc2ccco2)cc1. The van der Waals surface area contributed by atoms with Gasteiger partial charge in [0, 0.05) is 32.4 Å². The van der Waals surface area contributed by atoms with Crippen LogP contribution >= 0.6 is 0 Å². The summed E-state index contributed by atoms with van der Waals surface area (Å²) in [6, 6.07) is 15.8. The maximum Gasteiger partial charge on any atom is 0.243 e. The average molecular weight is 455 g/mol. The number of carbonyl (C=O) groups excluding carboxylic acids is 1. The van der Waals surface area contributed by atoms with Crippen molar-refractivity contribution in [2.45, 2.75) is 18.4 Å². The second-order valence-corrected chi connectivity index (χ2v) is 9.66. The number of amides is 1. The van der Waals surface area contributed by atoms with E-state index < -0.39 is 10.0 Å². The molecule has 4 rings (SSSR count). The van der Waals surface area contributed by atoms with Crippen molar-refractivity contribution in [2.24, 2.45) is 0 Å². The fourth-order valence-corrected chi connectivity index (χ4v) is 4.99. The van der Waals surface area contributed by atoms with Crippen LogP contribution in [0.25, 0.3) is 0 Å². The molecule has 32 heavy (non-hydrogen) atoms. The van der Waals surface area contributed by atoms with Crippen molar-refractivity contribution in [1.29, 1.82) is 0 Å². The van der Waals surface area contributed by atoms with Crippen molar-refractivity contribution in [3.05, 3.63) is 78.4 Å². The molecule has 0 N–H and O–H groups in total. The molecule has 1 aliphatic heterocycles. The molecule has 0 bridgehead atoms. The zero-order chi connectivity index (χ0) is 22.6. The number of nitrogens with zero attached hydrogens (tertiary/aromatic N) is 4. The predicted molar refractivity (Wildman–Crippen MR) is 121 cm³/mol. The van der Waals surface area contributed by atoms with Gasteiger partial charge in [0.25, 0.3) is 0 Å². The molecule has 1 aromatic carbocycles. The number of aromatic nitrogens is 1. The van der Waals surface area contributed by atoms with Gasteiger partial charge in [0.1, 0.15) is 11.6 Å². The third-order valence-corrected chi connectivity index (χ3v) is 7.29. The summed E-state index contributed by atoms with van der Waals surface area (Å²) in [4.78, 5) is 21.4. The summed E-state index contributed by atoms with van der Waals surface area (Å²) >= 11 is 0. The predicted octanol–water partition coefficient (Wildman–Crippen LogP) is 2.52. The Balaban J connectivity index is 1.47. The molecule has 0 unspecified atom stereocenters. The van der Waals surface area contributed by atoms with Crippen molar-refractivity contribution in [2.75, 3.05) is 37.6 Å². The molecule has 3 heterocycles. The number of rotatable bonds is 7. The van der Waals surface area contributed by atoms with E-state index in [1.54, 1.807) is 47.5 Å². The van der Waals surface area contributed by atoms with Crippen molar-refractivity contribution in [1.82, 2.24) is 14.2 Å². The molecule has 0 aliphatic carbocycles. The summed E-state index contributed by atoms with van der Waals surface area (Å²) in [5, 5.41) is 0. The van der Waals surface area contributed by atoms with E-state index in [1.807, 2.05) is 25.1 Å². The fraction of sp³-hybridized carbons (Fsp3) is 0.304. The molecular weight excluding hydrogens is 428 g/mol. The van der Waals surface area contributed by atoms with Crippen LogP contribution in [0.1, 0.15) is 11.3 Å². The van der Waals surface area contributed by atoms with Crippen LogP contribution in [0.4, 0.5) is 5.82 Å². The monoisotopic (exact) mass is 454 g/mol. The molecule has 0 atom stereocenters. The molecule has 8 nitrogen and oxygen atoms in total. The highest BCUT2D eigenvalue weighted by molar-refractivity contribution is 7.89. The van der Waals surface area contributed by atoms with Crippen LogP contribution in [0, 0.1) is 6.92 Å². The lowest BCUT2D eigenvalue weighted by molar-refractivity contribution is -0.131. The van der Waals surface area contributed by atoms with E-state index in [4.69, 9.17) is 4.42 Å². The Bertz CT molecular complexity index is 1120. The number of pyridine rings is 1. The Labute approximate surface area is 188 Å². The smallest absolute Gasteiger partial charge is 0.243 e. The van der Waals surface area contributed by atoms with Crippen LogP contribution in [0.2, 0.25) is 0 Å². The van der Waals surface area contributed by atoms with Crippen molar-refractivity contribution >= 4 is 21.7 Å². The van der Waals surface area contributed by atoms with Gasteiger partial charge < -0.3 is 14.2 Å². The number of carbonyl (C=O) groups is 1. The fourth-order valence-electron chi connectivity index (χ4n) is 3.64. The van der Waals surface area contributed by atoms with Gasteiger partial charge in [0.2, 0.25) is 15.9 Å². The van der Waals surface area contributed by atoms with Crippen molar-refractivity contribution in [3.8, 4) is 0 Å². The Morgan fingerprint density at radius 1 is 1.03 bits per heavy atom. The Kier molecular flexibility index (Phi) is 6.57. The highest BCUT2D eigenvalue weighted by atomic mass is 32.2. The van der Waals surface area contributed by atoms with E-state index in [0.29, 0.717) is 31.9 Å². The lowest BCUT2D eigenvalue weighted by Crippen LogP contribution is -2.52. The highest BCUT2D eigenvalue weighted by Gasteiger charge is 2.30. The maximum atomic E-state index is 13.3. The summed E-state index contributed by atoms with van der Waals surface area (Å²) in [5.41, 5.74) is 0.961. The number of piperazine rings is 1.